The molecule has 130 valence electrons. The van der Waals surface area contributed by atoms with E-state index >= 15 is 0 Å². The first kappa shape index (κ1) is 16.1. The number of anilines is 1. The van der Waals surface area contributed by atoms with Crippen LogP contribution in [0.1, 0.15) is 12.0 Å². The molecule has 6 nitrogen and oxygen atoms in total. The molecule has 0 radical (unpaired) electrons. The number of pyridine rings is 1. The van der Waals surface area contributed by atoms with E-state index in [4.69, 9.17) is 4.42 Å². The van der Waals surface area contributed by atoms with Crippen LogP contribution in [0, 0.1) is 0 Å². The molecule has 0 unspecified atom stereocenters. The second-order valence-electron chi connectivity index (χ2n) is 6.16. The van der Waals surface area contributed by atoms with E-state index in [0.717, 1.165) is 22.0 Å². The van der Waals surface area contributed by atoms with Gasteiger partial charge in [0, 0.05) is 25.1 Å². The molecular weight excluding hydrogens is 330 g/mol. The van der Waals surface area contributed by atoms with Gasteiger partial charge in [-0.3, -0.25) is 14.3 Å². The quantitative estimate of drug-likeness (QED) is 0.615. The van der Waals surface area contributed by atoms with Crippen LogP contribution < -0.4 is 11.1 Å². The SMILES string of the molecule is Cn1c(=O)oc2ccc(CCC(=O)Nc3cccc4cccnc34)cc21. The number of carbonyl (C=O) groups is 1. The molecule has 0 aliphatic rings. The average molecular weight is 347 g/mol. The number of nitrogens with zero attached hydrogens (tertiary/aromatic N) is 2. The molecule has 1 N–H and O–H groups in total. The third kappa shape index (κ3) is 2.97. The third-order valence-electron chi connectivity index (χ3n) is 4.40. The highest BCUT2D eigenvalue weighted by Gasteiger charge is 2.09. The number of para-hydroxylation sites is 1. The van der Waals surface area contributed by atoms with E-state index in [0.29, 0.717) is 24.1 Å². The molecule has 0 aliphatic carbocycles. The summed E-state index contributed by atoms with van der Waals surface area (Å²) in [6.45, 7) is 0. The van der Waals surface area contributed by atoms with Crippen LogP contribution in [0.25, 0.3) is 22.0 Å². The Morgan fingerprint density at radius 3 is 2.92 bits per heavy atom. The first-order chi connectivity index (χ1) is 12.6. The van der Waals surface area contributed by atoms with Gasteiger partial charge in [-0.15, -0.1) is 0 Å². The van der Waals surface area contributed by atoms with Gasteiger partial charge >= 0.3 is 5.76 Å². The van der Waals surface area contributed by atoms with Gasteiger partial charge in [0.1, 0.15) is 0 Å². The predicted molar refractivity (Wildman–Crippen MR) is 100 cm³/mol. The van der Waals surface area contributed by atoms with E-state index in [9.17, 15) is 9.59 Å². The van der Waals surface area contributed by atoms with Crippen LogP contribution >= 0.6 is 0 Å². The van der Waals surface area contributed by atoms with Crippen LogP contribution in [0.5, 0.6) is 0 Å². The molecule has 6 heteroatoms. The van der Waals surface area contributed by atoms with Gasteiger partial charge in [0.15, 0.2) is 5.58 Å². The maximum atomic E-state index is 12.4. The number of aryl methyl sites for hydroxylation is 2. The maximum absolute atomic E-state index is 12.4. The van der Waals surface area contributed by atoms with Crippen molar-refractivity contribution in [3.63, 3.8) is 0 Å². The number of fused-ring (bicyclic) bond motifs is 2. The summed E-state index contributed by atoms with van der Waals surface area (Å²) in [5, 5.41) is 3.92. The Bertz CT molecular complexity index is 1170. The van der Waals surface area contributed by atoms with Gasteiger partial charge in [-0.1, -0.05) is 24.3 Å². The lowest BCUT2D eigenvalue weighted by Gasteiger charge is -2.08. The summed E-state index contributed by atoms with van der Waals surface area (Å²) in [7, 11) is 1.66. The lowest BCUT2D eigenvalue weighted by molar-refractivity contribution is -0.116. The van der Waals surface area contributed by atoms with Crippen molar-refractivity contribution >= 4 is 33.6 Å². The molecule has 0 atom stereocenters. The molecule has 0 aliphatic heterocycles. The fourth-order valence-electron chi connectivity index (χ4n) is 3.00. The zero-order valence-corrected chi connectivity index (χ0v) is 14.2. The van der Waals surface area contributed by atoms with Crippen molar-refractivity contribution in [2.75, 3.05) is 5.32 Å². The Morgan fingerprint density at radius 2 is 2.04 bits per heavy atom. The molecule has 0 saturated heterocycles. The lowest BCUT2D eigenvalue weighted by atomic mass is 10.1. The molecule has 4 rings (SSSR count). The Labute approximate surface area is 149 Å². The molecule has 2 heterocycles. The molecule has 2 aromatic carbocycles. The number of benzene rings is 2. The minimum Gasteiger partial charge on any atom is -0.408 e. The van der Waals surface area contributed by atoms with E-state index in [1.54, 1.807) is 19.3 Å². The van der Waals surface area contributed by atoms with Crippen molar-refractivity contribution in [3.05, 3.63) is 70.8 Å². The summed E-state index contributed by atoms with van der Waals surface area (Å²) in [6, 6.07) is 15.1. The third-order valence-corrected chi connectivity index (χ3v) is 4.40. The summed E-state index contributed by atoms with van der Waals surface area (Å²) >= 11 is 0. The minimum absolute atomic E-state index is 0.0793. The number of oxazole rings is 1. The monoisotopic (exact) mass is 347 g/mol. The lowest BCUT2D eigenvalue weighted by Crippen LogP contribution is -2.13. The number of hydrogen-bond acceptors (Lipinski definition) is 4. The van der Waals surface area contributed by atoms with Crippen molar-refractivity contribution in [1.29, 1.82) is 0 Å². The van der Waals surface area contributed by atoms with E-state index in [1.807, 2.05) is 42.5 Å². The molecule has 0 saturated carbocycles. The summed E-state index contributed by atoms with van der Waals surface area (Å²) in [6.07, 6.45) is 2.61. The largest absolute Gasteiger partial charge is 0.419 e. The molecule has 26 heavy (non-hydrogen) atoms. The first-order valence-corrected chi connectivity index (χ1v) is 8.34. The topological polar surface area (TPSA) is 77.1 Å². The van der Waals surface area contributed by atoms with E-state index in [1.165, 1.54) is 4.57 Å². The van der Waals surface area contributed by atoms with Crippen LogP contribution in [0.2, 0.25) is 0 Å². The van der Waals surface area contributed by atoms with Crippen LogP contribution in [-0.2, 0) is 18.3 Å². The van der Waals surface area contributed by atoms with E-state index in [2.05, 4.69) is 10.3 Å². The second-order valence-corrected chi connectivity index (χ2v) is 6.16. The Kier molecular flexibility index (Phi) is 4.01. The summed E-state index contributed by atoms with van der Waals surface area (Å²) < 4.78 is 6.58. The smallest absolute Gasteiger partial charge is 0.408 e. The van der Waals surface area contributed by atoms with E-state index < -0.39 is 5.76 Å². The van der Waals surface area contributed by atoms with Crippen LogP contribution in [0.3, 0.4) is 0 Å². The predicted octanol–water partition coefficient (Wildman–Crippen LogP) is 3.25. The minimum atomic E-state index is -0.390. The van der Waals surface area contributed by atoms with Gasteiger partial charge in [0.25, 0.3) is 0 Å². The van der Waals surface area contributed by atoms with Gasteiger partial charge in [-0.25, -0.2) is 4.79 Å². The summed E-state index contributed by atoms with van der Waals surface area (Å²) in [5.74, 6) is -0.470. The highest BCUT2D eigenvalue weighted by molar-refractivity contribution is 6.00. The van der Waals surface area contributed by atoms with Gasteiger partial charge < -0.3 is 9.73 Å². The molecule has 0 bridgehead atoms. The van der Waals surface area contributed by atoms with Crippen molar-refractivity contribution in [2.24, 2.45) is 7.05 Å². The number of aromatic nitrogens is 2. The Balaban J connectivity index is 1.48. The Morgan fingerprint density at radius 1 is 1.19 bits per heavy atom. The summed E-state index contributed by atoms with van der Waals surface area (Å²) in [4.78, 5) is 28.2. The average Bonchev–Trinajstić information content (AvgIpc) is 2.94. The number of carbonyl (C=O) groups excluding carboxylic acids is 1. The molecule has 0 fully saturated rings. The normalized spacial score (nSPS) is 11.1. The highest BCUT2D eigenvalue weighted by Crippen LogP contribution is 2.21. The fraction of sp³-hybridized carbons (Fsp3) is 0.150. The molecular formula is C20H17N3O3. The first-order valence-electron chi connectivity index (χ1n) is 8.34. The second kappa shape index (κ2) is 6.48. The number of rotatable bonds is 4. The number of amides is 1. The number of nitrogens with one attached hydrogen (secondary N) is 1. The fourth-order valence-corrected chi connectivity index (χ4v) is 3.00. The Hall–Kier alpha value is -3.41. The van der Waals surface area contributed by atoms with Crippen LogP contribution in [0.15, 0.2) is 63.9 Å². The van der Waals surface area contributed by atoms with Crippen LogP contribution in [-0.4, -0.2) is 15.5 Å². The zero-order chi connectivity index (χ0) is 18.1. The van der Waals surface area contributed by atoms with E-state index in [-0.39, 0.29) is 5.91 Å². The number of hydrogen-bond donors (Lipinski definition) is 1. The zero-order valence-electron chi connectivity index (χ0n) is 14.2. The highest BCUT2D eigenvalue weighted by atomic mass is 16.4. The van der Waals surface area contributed by atoms with Crippen molar-refractivity contribution < 1.29 is 9.21 Å². The van der Waals surface area contributed by atoms with Crippen molar-refractivity contribution in [2.45, 2.75) is 12.8 Å². The molecule has 2 aromatic heterocycles. The maximum Gasteiger partial charge on any atom is 0.419 e. The van der Waals surface area contributed by atoms with Gasteiger partial charge in [0.2, 0.25) is 5.91 Å². The molecule has 4 aromatic rings. The van der Waals surface area contributed by atoms with Gasteiger partial charge in [-0.2, -0.15) is 0 Å². The molecule has 1 amide bonds. The summed E-state index contributed by atoms with van der Waals surface area (Å²) in [5.41, 5.74) is 3.73. The van der Waals surface area contributed by atoms with Crippen molar-refractivity contribution in [3.8, 4) is 0 Å². The van der Waals surface area contributed by atoms with Gasteiger partial charge in [0.05, 0.1) is 16.7 Å². The van der Waals surface area contributed by atoms with Crippen molar-refractivity contribution in [1.82, 2.24) is 9.55 Å². The standard InChI is InChI=1S/C20H17N3O3/c1-23-16-12-13(7-9-17(16)26-20(23)25)8-10-18(24)22-15-6-2-4-14-5-3-11-21-19(14)15/h2-7,9,11-12H,8,10H2,1H3,(H,22,24). The molecule has 0 spiro atoms. The van der Waals surface area contributed by atoms with Gasteiger partial charge in [-0.05, 0) is 36.2 Å². The van der Waals surface area contributed by atoms with Crippen LogP contribution in [0.4, 0.5) is 5.69 Å².